The molecule has 0 saturated heterocycles. The van der Waals surface area contributed by atoms with E-state index in [1.54, 1.807) is 24.4 Å². The van der Waals surface area contributed by atoms with Gasteiger partial charge in [0, 0.05) is 11.8 Å². The predicted molar refractivity (Wildman–Crippen MR) is 94.6 cm³/mol. The number of aromatic nitrogens is 4. The molecule has 0 saturated carbocycles. The van der Waals surface area contributed by atoms with E-state index >= 15 is 0 Å². The number of ether oxygens (including phenoxy) is 2. The van der Waals surface area contributed by atoms with E-state index in [4.69, 9.17) is 15.2 Å². The van der Waals surface area contributed by atoms with E-state index in [0.717, 1.165) is 5.56 Å². The number of benzene rings is 2. The molecule has 0 atom stereocenters. The van der Waals surface area contributed by atoms with Crippen molar-refractivity contribution in [2.75, 3.05) is 12.5 Å². The number of nitrogen functional groups attached to an aromatic ring is 1. The minimum atomic E-state index is -0.317. The van der Waals surface area contributed by atoms with Crippen LogP contribution in [-0.4, -0.2) is 26.0 Å². The molecule has 26 heavy (non-hydrogen) atoms. The third kappa shape index (κ3) is 2.12. The van der Waals surface area contributed by atoms with E-state index in [1.165, 1.54) is 9.08 Å². The van der Waals surface area contributed by atoms with Gasteiger partial charge in [0.05, 0.1) is 11.4 Å². The highest BCUT2D eigenvalue weighted by molar-refractivity contribution is 5.69. The van der Waals surface area contributed by atoms with Gasteiger partial charge >= 0.3 is 5.69 Å². The lowest BCUT2D eigenvalue weighted by molar-refractivity contribution is 0.174. The average Bonchev–Trinajstić information content (AvgIpc) is 3.27. The third-order valence-electron chi connectivity index (χ3n) is 4.20. The van der Waals surface area contributed by atoms with Crippen LogP contribution in [0.25, 0.3) is 22.6 Å². The molecule has 3 heterocycles. The molecular formula is C18H13N5O3. The molecule has 0 spiro atoms. The molecule has 2 aromatic heterocycles. The van der Waals surface area contributed by atoms with Crippen LogP contribution in [0.2, 0.25) is 0 Å². The normalized spacial score (nSPS) is 12.6. The Labute approximate surface area is 147 Å². The van der Waals surface area contributed by atoms with Crippen LogP contribution < -0.4 is 20.9 Å². The molecule has 8 heteroatoms. The molecule has 4 aromatic rings. The van der Waals surface area contributed by atoms with Crippen LogP contribution in [0.5, 0.6) is 11.5 Å². The lowest BCUT2D eigenvalue weighted by Gasteiger charge is -2.04. The Hall–Kier alpha value is -3.81. The Morgan fingerprint density at radius 2 is 1.85 bits per heavy atom. The van der Waals surface area contributed by atoms with Gasteiger partial charge in [-0.2, -0.15) is 4.68 Å². The number of nitrogens with two attached hydrogens (primary N) is 1. The number of anilines is 1. The first kappa shape index (κ1) is 14.5. The average molecular weight is 347 g/mol. The second-order valence-corrected chi connectivity index (χ2v) is 5.80. The summed E-state index contributed by atoms with van der Waals surface area (Å²) in [6.07, 6.45) is 1.62. The fourth-order valence-electron chi connectivity index (χ4n) is 2.93. The van der Waals surface area contributed by atoms with Gasteiger partial charge in [-0.05, 0) is 30.3 Å². The Morgan fingerprint density at radius 3 is 2.69 bits per heavy atom. The van der Waals surface area contributed by atoms with Crippen molar-refractivity contribution in [2.45, 2.75) is 0 Å². The molecule has 0 unspecified atom stereocenters. The van der Waals surface area contributed by atoms with Crippen LogP contribution >= 0.6 is 0 Å². The van der Waals surface area contributed by atoms with E-state index in [0.29, 0.717) is 28.5 Å². The van der Waals surface area contributed by atoms with E-state index in [9.17, 15) is 4.79 Å². The minimum Gasteiger partial charge on any atom is -0.454 e. The second kappa shape index (κ2) is 5.35. The fraction of sp³-hybridized carbons (Fsp3) is 0.0556. The summed E-state index contributed by atoms with van der Waals surface area (Å²) in [4.78, 5) is 17.2. The zero-order valence-electron chi connectivity index (χ0n) is 13.5. The quantitative estimate of drug-likeness (QED) is 0.594. The molecule has 128 valence electrons. The number of hydrogen-bond donors (Lipinski definition) is 1. The van der Waals surface area contributed by atoms with Crippen molar-refractivity contribution < 1.29 is 9.47 Å². The predicted octanol–water partition coefficient (Wildman–Crippen LogP) is 1.86. The lowest BCUT2D eigenvalue weighted by Crippen LogP contribution is -2.19. The largest absolute Gasteiger partial charge is 0.454 e. The summed E-state index contributed by atoms with van der Waals surface area (Å²) in [5, 5.41) is 4.31. The van der Waals surface area contributed by atoms with Crippen molar-refractivity contribution in [2.24, 2.45) is 0 Å². The highest BCUT2D eigenvalue weighted by atomic mass is 16.7. The summed E-state index contributed by atoms with van der Waals surface area (Å²) in [6, 6.07) is 14.6. The molecule has 8 nitrogen and oxygen atoms in total. The van der Waals surface area contributed by atoms with Gasteiger partial charge in [0.25, 0.3) is 0 Å². The van der Waals surface area contributed by atoms with Gasteiger partial charge in [-0.15, -0.1) is 5.10 Å². The summed E-state index contributed by atoms with van der Waals surface area (Å²) < 4.78 is 13.4. The molecule has 5 rings (SSSR count). The Morgan fingerprint density at radius 1 is 1.04 bits per heavy atom. The molecule has 2 N–H and O–H groups in total. The van der Waals surface area contributed by atoms with E-state index < -0.39 is 0 Å². The van der Waals surface area contributed by atoms with Crippen LogP contribution in [0.1, 0.15) is 0 Å². The smallest absolute Gasteiger partial charge is 0.355 e. The molecular weight excluding hydrogens is 334 g/mol. The number of nitrogens with zero attached hydrogens (tertiary/aromatic N) is 4. The number of fused-ring (bicyclic) bond motifs is 2. The first-order valence-electron chi connectivity index (χ1n) is 7.94. The van der Waals surface area contributed by atoms with Crippen molar-refractivity contribution in [3.63, 3.8) is 0 Å². The first-order valence-corrected chi connectivity index (χ1v) is 7.94. The van der Waals surface area contributed by atoms with Crippen LogP contribution in [0.4, 0.5) is 5.82 Å². The SMILES string of the molecule is Nc1nc(-c2ccc3c(c2)OCO3)cn2c(=O)n(-c3ccccc3)nc12. The maximum absolute atomic E-state index is 12.8. The van der Waals surface area contributed by atoms with Crippen molar-refractivity contribution >= 4 is 11.5 Å². The Bertz CT molecular complexity index is 1200. The monoisotopic (exact) mass is 347 g/mol. The van der Waals surface area contributed by atoms with Gasteiger partial charge in [-0.25, -0.2) is 14.2 Å². The number of rotatable bonds is 2. The minimum absolute atomic E-state index is 0.173. The zero-order chi connectivity index (χ0) is 17.7. The van der Waals surface area contributed by atoms with Crippen molar-refractivity contribution in [3.05, 3.63) is 65.2 Å². The van der Waals surface area contributed by atoms with Gasteiger partial charge in [0.1, 0.15) is 0 Å². The molecule has 0 radical (unpaired) electrons. The van der Waals surface area contributed by atoms with Gasteiger partial charge in [-0.1, -0.05) is 18.2 Å². The van der Waals surface area contributed by atoms with Crippen LogP contribution in [0.15, 0.2) is 59.5 Å². The summed E-state index contributed by atoms with van der Waals surface area (Å²) in [7, 11) is 0. The number of hydrogen-bond acceptors (Lipinski definition) is 6. The van der Waals surface area contributed by atoms with Gasteiger partial charge < -0.3 is 15.2 Å². The lowest BCUT2D eigenvalue weighted by atomic mass is 10.1. The number of para-hydroxylation sites is 1. The van der Waals surface area contributed by atoms with E-state index in [2.05, 4.69) is 10.1 Å². The van der Waals surface area contributed by atoms with Gasteiger partial charge in [0.2, 0.25) is 12.4 Å². The van der Waals surface area contributed by atoms with E-state index in [1.807, 2.05) is 30.3 Å². The summed E-state index contributed by atoms with van der Waals surface area (Å²) in [5.41, 5.74) is 8.02. The van der Waals surface area contributed by atoms with E-state index in [-0.39, 0.29) is 18.3 Å². The van der Waals surface area contributed by atoms with Crippen molar-refractivity contribution in [1.82, 2.24) is 19.2 Å². The summed E-state index contributed by atoms with van der Waals surface area (Å²) in [5.74, 6) is 1.49. The highest BCUT2D eigenvalue weighted by Gasteiger charge is 2.17. The Balaban J connectivity index is 1.70. The maximum Gasteiger partial charge on any atom is 0.355 e. The van der Waals surface area contributed by atoms with Gasteiger partial charge in [0.15, 0.2) is 17.3 Å². The van der Waals surface area contributed by atoms with Crippen molar-refractivity contribution in [1.29, 1.82) is 0 Å². The van der Waals surface area contributed by atoms with Crippen LogP contribution in [0.3, 0.4) is 0 Å². The zero-order valence-corrected chi connectivity index (χ0v) is 13.5. The first-order chi connectivity index (χ1) is 12.7. The molecule has 2 aromatic carbocycles. The second-order valence-electron chi connectivity index (χ2n) is 5.80. The van der Waals surface area contributed by atoms with Gasteiger partial charge in [-0.3, -0.25) is 0 Å². The molecule has 0 aliphatic carbocycles. The fourth-order valence-corrected chi connectivity index (χ4v) is 2.93. The molecule has 1 aliphatic heterocycles. The molecule has 0 bridgehead atoms. The topological polar surface area (TPSA) is 96.7 Å². The summed E-state index contributed by atoms with van der Waals surface area (Å²) >= 11 is 0. The molecule has 0 amide bonds. The third-order valence-corrected chi connectivity index (χ3v) is 4.20. The Kier molecular flexibility index (Phi) is 2.99. The van der Waals surface area contributed by atoms with Crippen LogP contribution in [0, 0.1) is 0 Å². The summed E-state index contributed by atoms with van der Waals surface area (Å²) in [6.45, 7) is 0.191. The maximum atomic E-state index is 12.8. The van der Waals surface area contributed by atoms with Crippen LogP contribution in [-0.2, 0) is 0 Å². The molecule has 1 aliphatic rings. The standard InChI is InChI=1S/C18H13N5O3/c19-16-17-21-23(12-4-2-1-3-5-12)18(24)22(17)9-13(20-16)11-6-7-14-15(8-11)26-10-25-14/h1-9H,10H2,(H2,19,20). The van der Waals surface area contributed by atoms with Crippen molar-refractivity contribution in [3.8, 4) is 28.4 Å². The molecule has 0 fully saturated rings. The highest BCUT2D eigenvalue weighted by Crippen LogP contribution is 2.35.